The highest BCUT2D eigenvalue weighted by molar-refractivity contribution is 7.99. The standard InChI is InChI=1S/C13H18O3S/c14-12(15)9-11(10-5-2-1-3-6-10)17-13-7-4-8-16-13/h4,7-8,10-11H,1-3,5-6,9H2,(H,14,15). The zero-order valence-electron chi connectivity index (χ0n) is 9.80. The van der Waals surface area contributed by atoms with Gasteiger partial charge in [0.15, 0.2) is 5.09 Å². The van der Waals surface area contributed by atoms with Gasteiger partial charge in [0.25, 0.3) is 0 Å². The van der Waals surface area contributed by atoms with E-state index in [0.717, 1.165) is 17.9 Å². The second kappa shape index (κ2) is 6.15. The third kappa shape index (κ3) is 3.80. The van der Waals surface area contributed by atoms with Crippen molar-refractivity contribution in [2.45, 2.75) is 48.9 Å². The lowest BCUT2D eigenvalue weighted by Gasteiger charge is -2.28. The minimum Gasteiger partial charge on any atom is -0.481 e. The van der Waals surface area contributed by atoms with Crippen LogP contribution < -0.4 is 0 Å². The Bertz CT molecular complexity index is 342. The van der Waals surface area contributed by atoms with Crippen LogP contribution in [0.25, 0.3) is 0 Å². The van der Waals surface area contributed by atoms with Crippen molar-refractivity contribution in [1.29, 1.82) is 0 Å². The molecule has 1 atom stereocenters. The van der Waals surface area contributed by atoms with Gasteiger partial charge in [0.2, 0.25) is 0 Å². The molecule has 0 spiro atoms. The molecule has 1 N–H and O–H groups in total. The molecule has 0 saturated heterocycles. The van der Waals surface area contributed by atoms with Crippen LogP contribution in [0.1, 0.15) is 38.5 Å². The van der Waals surface area contributed by atoms with Crippen molar-refractivity contribution in [1.82, 2.24) is 0 Å². The number of carboxylic acid groups (broad SMARTS) is 1. The summed E-state index contributed by atoms with van der Waals surface area (Å²) >= 11 is 1.58. The Morgan fingerprint density at radius 1 is 1.47 bits per heavy atom. The first kappa shape index (κ1) is 12.6. The number of rotatable bonds is 5. The molecule has 2 rings (SSSR count). The lowest BCUT2D eigenvalue weighted by atomic mass is 9.86. The maximum Gasteiger partial charge on any atom is 0.304 e. The van der Waals surface area contributed by atoms with Crippen LogP contribution in [0.2, 0.25) is 0 Å². The molecule has 1 aromatic heterocycles. The van der Waals surface area contributed by atoms with Crippen LogP contribution in [0.5, 0.6) is 0 Å². The summed E-state index contributed by atoms with van der Waals surface area (Å²) in [7, 11) is 0. The molecule has 1 aliphatic carbocycles. The van der Waals surface area contributed by atoms with Gasteiger partial charge in [0.05, 0.1) is 12.7 Å². The van der Waals surface area contributed by atoms with Gasteiger partial charge in [-0.15, -0.1) is 0 Å². The Morgan fingerprint density at radius 2 is 2.24 bits per heavy atom. The topological polar surface area (TPSA) is 50.4 Å². The summed E-state index contributed by atoms with van der Waals surface area (Å²) in [5, 5.41) is 9.99. The van der Waals surface area contributed by atoms with Gasteiger partial charge in [0, 0.05) is 5.25 Å². The van der Waals surface area contributed by atoms with E-state index in [1.54, 1.807) is 18.0 Å². The molecule has 0 radical (unpaired) electrons. The Hall–Kier alpha value is -0.900. The van der Waals surface area contributed by atoms with Gasteiger partial charge in [0.1, 0.15) is 0 Å². The maximum atomic E-state index is 10.9. The molecule has 94 valence electrons. The van der Waals surface area contributed by atoms with Crippen molar-refractivity contribution in [2.75, 3.05) is 0 Å². The fourth-order valence-electron chi connectivity index (χ4n) is 2.46. The summed E-state index contributed by atoms with van der Waals surface area (Å²) in [6.45, 7) is 0. The minimum atomic E-state index is -0.709. The predicted molar refractivity (Wildman–Crippen MR) is 67.2 cm³/mol. The van der Waals surface area contributed by atoms with Crippen molar-refractivity contribution in [3.63, 3.8) is 0 Å². The summed E-state index contributed by atoms with van der Waals surface area (Å²) in [6.07, 6.45) is 7.95. The van der Waals surface area contributed by atoms with Crippen LogP contribution in [0.15, 0.2) is 27.9 Å². The monoisotopic (exact) mass is 254 g/mol. The number of carbonyl (C=O) groups is 1. The molecule has 0 aromatic carbocycles. The van der Waals surface area contributed by atoms with E-state index in [4.69, 9.17) is 9.52 Å². The van der Waals surface area contributed by atoms with Gasteiger partial charge in [-0.1, -0.05) is 31.0 Å². The predicted octanol–water partition coefficient (Wildman–Crippen LogP) is 3.80. The molecule has 0 amide bonds. The molecule has 1 fully saturated rings. The second-order valence-corrected chi connectivity index (χ2v) is 5.83. The van der Waals surface area contributed by atoms with Gasteiger partial charge in [-0.25, -0.2) is 0 Å². The SMILES string of the molecule is O=C(O)CC(Sc1ccco1)C1CCCCC1. The molecular formula is C13H18O3S. The van der Waals surface area contributed by atoms with Crippen molar-refractivity contribution in [3.05, 3.63) is 18.4 Å². The van der Waals surface area contributed by atoms with Crippen LogP contribution in [0.4, 0.5) is 0 Å². The normalized spacial score (nSPS) is 19.1. The molecule has 3 nitrogen and oxygen atoms in total. The smallest absolute Gasteiger partial charge is 0.304 e. The summed E-state index contributed by atoms with van der Waals surface area (Å²) in [5.41, 5.74) is 0. The molecular weight excluding hydrogens is 236 g/mol. The average Bonchev–Trinajstić information content (AvgIpc) is 2.82. The summed E-state index contributed by atoms with van der Waals surface area (Å²) < 4.78 is 5.31. The molecule has 1 heterocycles. The minimum absolute atomic E-state index is 0.152. The number of aliphatic carboxylic acids is 1. The van der Waals surface area contributed by atoms with Gasteiger partial charge in [-0.05, 0) is 30.9 Å². The van der Waals surface area contributed by atoms with Crippen LogP contribution in [0.3, 0.4) is 0 Å². The molecule has 0 aliphatic heterocycles. The lowest BCUT2D eigenvalue weighted by Crippen LogP contribution is -2.23. The average molecular weight is 254 g/mol. The zero-order chi connectivity index (χ0) is 12.1. The van der Waals surface area contributed by atoms with E-state index in [1.807, 2.05) is 12.1 Å². The summed E-state index contributed by atoms with van der Waals surface area (Å²) in [5.74, 6) is -0.186. The van der Waals surface area contributed by atoms with Crippen LogP contribution in [-0.4, -0.2) is 16.3 Å². The Kier molecular flexibility index (Phi) is 4.54. The highest BCUT2D eigenvalue weighted by Crippen LogP contribution is 2.37. The van der Waals surface area contributed by atoms with Crippen LogP contribution in [-0.2, 0) is 4.79 Å². The van der Waals surface area contributed by atoms with E-state index in [2.05, 4.69) is 0 Å². The quantitative estimate of drug-likeness (QED) is 0.812. The van der Waals surface area contributed by atoms with Crippen LogP contribution >= 0.6 is 11.8 Å². The fraction of sp³-hybridized carbons (Fsp3) is 0.615. The number of hydrogen-bond acceptors (Lipinski definition) is 3. The molecule has 1 aromatic rings. The van der Waals surface area contributed by atoms with E-state index in [-0.39, 0.29) is 11.7 Å². The highest BCUT2D eigenvalue weighted by atomic mass is 32.2. The number of carboxylic acids is 1. The second-order valence-electron chi connectivity index (χ2n) is 4.58. The Morgan fingerprint density at radius 3 is 2.82 bits per heavy atom. The van der Waals surface area contributed by atoms with Gasteiger partial charge < -0.3 is 9.52 Å². The number of furan rings is 1. The van der Waals surface area contributed by atoms with Gasteiger partial charge in [-0.2, -0.15) is 0 Å². The Balaban J connectivity index is 1.98. The van der Waals surface area contributed by atoms with Crippen molar-refractivity contribution in [2.24, 2.45) is 5.92 Å². The third-order valence-electron chi connectivity index (χ3n) is 3.31. The van der Waals surface area contributed by atoms with E-state index in [1.165, 1.54) is 19.3 Å². The summed E-state index contributed by atoms with van der Waals surface area (Å²) in [6, 6.07) is 3.75. The van der Waals surface area contributed by atoms with Crippen molar-refractivity contribution >= 4 is 17.7 Å². The fourth-order valence-corrected chi connectivity index (χ4v) is 3.72. The lowest BCUT2D eigenvalue weighted by molar-refractivity contribution is -0.137. The van der Waals surface area contributed by atoms with E-state index < -0.39 is 5.97 Å². The van der Waals surface area contributed by atoms with E-state index >= 15 is 0 Å². The Labute approximate surface area is 106 Å². The molecule has 1 unspecified atom stereocenters. The summed E-state index contributed by atoms with van der Waals surface area (Å²) in [4.78, 5) is 10.9. The highest BCUT2D eigenvalue weighted by Gasteiger charge is 2.27. The van der Waals surface area contributed by atoms with Gasteiger partial charge in [-0.3, -0.25) is 4.79 Å². The maximum absolute atomic E-state index is 10.9. The molecule has 17 heavy (non-hydrogen) atoms. The number of thioether (sulfide) groups is 1. The van der Waals surface area contributed by atoms with E-state index in [9.17, 15) is 4.79 Å². The van der Waals surface area contributed by atoms with Crippen molar-refractivity contribution < 1.29 is 14.3 Å². The zero-order valence-corrected chi connectivity index (χ0v) is 10.6. The third-order valence-corrected chi connectivity index (χ3v) is 4.63. The first-order chi connectivity index (χ1) is 8.25. The molecule has 1 saturated carbocycles. The number of hydrogen-bond donors (Lipinski definition) is 1. The van der Waals surface area contributed by atoms with E-state index in [0.29, 0.717) is 5.92 Å². The molecule has 4 heteroatoms. The largest absolute Gasteiger partial charge is 0.481 e. The molecule has 1 aliphatic rings. The van der Waals surface area contributed by atoms with Crippen LogP contribution in [0, 0.1) is 5.92 Å². The van der Waals surface area contributed by atoms with Gasteiger partial charge >= 0.3 is 5.97 Å². The first-order valence-electron chi connectivity index (χ1n) is 6.17. The van der Waals surface area contributed by atoms with Crippen molar-refractivity contribution in [3.8, 4) is 0 Å². The molecule has 0 bridgehead atoms. The first-order valence-corrected chi connectivity index (χ1v) is 7.05.